The second kappa shape index (κ2) is 4.83. The predicted octanol–water partition coefficient (Wildman–Crippen LogP) is 2.91. The van der Waals surface area contributed by atoms with Crippen molar-refractivity contribution in [2.45, 2.75) is 38.8 Å². The lowest BCUT2D eigenvalue weighted by Gasteiger charge is -2.23. The standard InChI is InChI=1S/C13H18FNO/c1-2-11-6-4-8-15(11)9-10-5-3-7-12(14)13(10)16/h3,5,7,11,16H,2,4,6,8-9H2,1H3. The van der Waals surface area contributed by atoms with Crippen LogP contribution in [0.4, 0.5) is 4.39 Å². The van der Waals surface area contributed by atoms with Gasteiger partial charge in [0.05, 0.1) is 0 Å². The summed E-state index contributed by atoms with van der Waals surface area (Å²) >= 11 is 0. The van der Waals surface area contributed by atoms with E-state index in [2.05, 4.69) is 11.8 Å². The minimum Gasteiger partial charge on any atom is -0.505 e. The average molecular weight is 223 g/mol. The van der Waals surface area contributed by atoms with E-state index in [1.165, 1.54) is 18.9 Å². The zero-order valence-electron chi connectivity index (χ0n) is 9.62. The summed E-state index contributed by atoms with van der Waals surface area (Å²) in [5, 5.41) is 9.62. The quantitative estimate of drug-likeness (QED) is 0.851. The van der Waals surface area contributed by atoms with E-state index in [0.29, 0.717) is 18.2 Å². The Hall–Kier alpha value is -1.09. The second-order valence-electron chi connectivity index (χ2n) is 4.42. The lowest BCUT2D eigenvalue weighted by Crippen LogP contribution is -2.28. The largest absolute Gasteiger partial charge is 0.505 e. The van der Waals surface area contributed by atoms with Gasteiger partial charge in [-0.1, -0.05) is 19.1 Å². The predicted molar refractivity (Wildman–Crippen MR) is 61.8 cm³/mol. The number of hydrogen-bond donors (Lipinski definition) is 1. The van der Waals surface area contributed by atoms with Crippen LogP contribution in [0.15, 0.2) is 18.2 Å². The topological polar surface area (TPSA) is 23.5 Å². The molecule has 0 spiro atoms. The summed E-state index contributed by atoms with van der Waals surface area (Å²) in [7, 11) is 0. The van der Waals surface area contributed by atoms with Gasteiger partial charge in [0, 0.05) is 18.2 Å². The van der Waals surface area contributed by atoms with Crippen molar-refractivity contribution in [3.8, 4) is 5.75 Å². The van der Waals surface area contributed by atoms with Crippen molar-refractivity contribution in [1.82, 2.24) is 4.90 Å². The molecule has 0 bridgehead atoms. The number of phenols is 1. The molecule has 88 valence electrons. The monoisotopic (exact) mass is 223 g/mol. The van der Waals surface area contributed by atoms with Gasteiger partial charge in [-0.05, 0) is 31.9 Å². The number of likely N-dealkylation sites (tertiary alicyclic amines) is 1. The number of phenolic OH excluding ortho intramolecular Hbond substituents is 1. The molecule has 1 aliphatic rings. The third-order valence-corrected chi connectivity index (χ3v) is 3.41. The Balaban J connectivity index is 2.11. The van der Waals surface area contributed by atoms with Crippen molar-refractivity contribution in [3.63, 3.8) is 0 Å². The summed E-state index contributed by atoms with van der Waals surface area (Å²) in [5.41, 5.74) is 0.695. The van der Waals surface area contributed by atoms with E-state index < -0.39 is 5.82 Å². The fraction of sp³-hybridized carbons (Fsp3) is 0.538. The van der Waals surface area contributed by atoms with E-state index in [4.69, 9.17) is 0 Å². The Morgan fingerprint density at radius 2 is 2.31 bits per heavy atom. The van der Waals surface area contributed by atoms with Crippen LogP contribution in [0.25, 0.3) is 0 Å². The van der Waals surface area contributed by atoms with Crippen molar-refractivity contribution in [3.05, 3.63) is 29.6 Å². The van der Waals surface area contributed by atoms with Crippen LogP contribution in [0.2, 0.25) is 0 Å². The zero-order valence-corrected chi connectivity index (χ0v) is 9.62. The molecular weight excluding hydrogens is 205 g/mol. The molecule has 0 radical (unpaired) electrons. The molecule has 1 N–H and O–H groups in total. The highest BCUT2D eigenvalue weighted by molar-refractivity contribution is 5.33. The lowest BCUT2D eigenvalue weighted by molar-refractivity contribution is 0.236. The van der Waals surface area contributed by atoms with Gasteiger partial charge in [0.1, 0.15) is 0 Å². The first-order valence-electron chi connectivity index (χ1n) is 5.92. The third-order valence-electron chi connectivity index (χ3n) is 3.41. The molecule has 1 unspecified atom stereocenters. The molecule has 2 nitrogen and oxygen atoms in total. The summed E-state index contributed by atoms with van der Waals surface area (Å²) in [4.78, 5) is 2.33. The molecule has 0 amide bonds. The van der Waals surface area contributed by atoms with E-state index in [9.17, 15) is 9.50 Å². The van der Waals surface area contributed by atoms with Crippen LogP contribution in [0.3, 0.4) is 0 Å². The molecule has 0 aromatic heterocycles. The molecule has 0 aliphatic carbocycles. The number of rotatable bonds is 3. The fourth-order valence-electron chi connectivity index (χ4n) is 2.47. The van der Waals surface area contributed by atoms with Gasteiger partial charge < -0.3 is 5.11 Å². The van der Waals surface area contributed by atoms with Crippen LogP contribution in [-0.4, -0.2) is 22.6 Å². The highest BCUT2D eigenvalue weighted by atomic mass is 19.1. The minimum atomic E-state index is -0.523. The van der Waals surface area contributed by atoms with Crippen LogP contribution in [-0.2, 0) is 6.54 Å². The van der Waals surface area contributed by atoms with E-state index in [0.717, 1.165) is 13.0 Å². The van der Waals surface area contributed by atoms with Gasteiger partial charge in [0.25, 0.3) is 0 Å². The molecule has 1 aliphatic heterocycles. The van der Waals surface area contributed by atoms with Gasteiger partial charge in [0.15, 0.2) is 11.6 Å². The van der Waals surface area contributed by atoms with Gasteiger partial charge in [-0.3, -0.25) is 4.90 Å². The number of nitrogens with zero attached hydrogens (tertiary/aromatic N) is 1. The van der Waals surface area contributed by atoms with Gasteiger partial charge in [-0.15, -0.1) is 0 Å². The van der Waals surface area contributed by atoms with Crippen molar-refractivity contribution >= 4 is 0 Å². The maximum Gasteiger partial charge on any atom is 0.165 e. The molecular formula is C13H18FNO. The maximum atomic E-state index is 13.2. The minimum absolute atomic E-state index is 0.191. The first kappa shape index (κ1) is 11.4. The number of para-hydroxylation sites is 1. The third kappa shape index (κ3) is 2.19. The zero-order chi connectivity index (χ0) is 11.5. The van der Waals surface area contributed by atoms with E-state index in [1.54, 1.807) is 12.1 Å². The van der Waals surface area contributed by atoms with Crippen LogP contribution in [0.1, 0.15) is 31.7 Å². The van der Waals surface area contributed by atoms with Crippen LogP contribution in [0.5, 0.6) is 5.75 Å². The van der Waals surface area contributed by atoms with Crippen LogP contribution >= 0.6 is 0 Å². The Labute approximate surface area is 95.7 Å². The normalized spacial score (nSPS) is 21.5. The van der Waals surface area contributed by atoms with Gasteiger partial charge in [-0.25, -0.2) is 4.39 Å². The number of benzene rings is 1. The Morgan fingerprint density at radius 1 is 1.50 bits per heavy atom. The Kier molecular flexibility index (Phi) is 3.44. The number of aromatic hydroxyl groups is 1. The first-order valence-corrected chi connectivity index (χ1v) is 5.92. The molecule has 1 aromatic carbocycles. The van der Waals surface area contributed by atoms with E-state index in [1.807, 2.05) is 0 Å². The van der Waals surface area contributed by atoms with Gasteiger partial charge in [-0.2, -0.15) is 0 Å². The molecule has 1 heterocycles. The Morgan fingerprint density at radius 3 is 3.06 bits per heavy atom. The molecule has 1 fully saturated rings. The fourth-order valence-corrected chi connectivity index (χ4v) is 2.47. The first-order chi connectivity index (χ1) is 7.72. The molecule has 1 atom stereocenters. The average Bonchev–Trinajstić information content (AvgIpc) is 2.72. The molecule has 16 heavy (non-hydrogen) atoms. The smallest absolute Gasteiger partial charge is 0.165 e. The lowest BCUT2D eigenvalue weighted by atomic mass is 10.1. The van der Waals surface area contributed by atoms with Crippen molar-refractivity contribution in [1.29, 1.82) is 0 Å². The van der Waals surface area contributed by atoms with E-state index >= 15 is 0 Å². The molecule has 1 saturated heterocycles. The number of hydrogen-bond acceptors (Lipinski definition) is 2. The van der Waals surface area contributed by atoms with Gasteiger partial charge in [0.2, 0.25) is 0 Å². The number of halogens is 1. The maximum absolute atomic E-state index is 13.2. The molecule has 2 rings (SSSR count). The summed E-state index contributed by atoms with van der Waals surface area (Å²) < 4.78 is 13.2. The highest BCUT2D eigenvalue weighted by Crippen LogP contribution is 2.27. The van der Waals surface area contributed by atoms with Crippen molar-refractivity contribution < 1.29 is 9.50 Å². The van der Waals surface area contributed by atoms with Crippen molar-refractivity contribution in [2.75, 3.05) is 6.54 Å². The molecule has 1 aromatic rings. The Bertz CT molecular complexity index is 367. The summed E-state index contributed by atoms with van der Waals surface area (Å²) in [5.74, 6) is -0.714. The summed E-state index contributed by atoms with van der Waals surface area (Å²) in [6.45, 7) is 3.88. The van der Waals surface area contributed by atoms with Gasteiger partial charge >= 0.3 is 0 Å². The summed E-state index contributed by atoms with van der Waals surface area (Å²) in [6.07, 6.45) is 3.54. The highest BCUT2D eigenvalue weighted by Gasteiger charge is 2.23. The van der Waals surface area contributed by atoms with Crippen LogP contribution in [0, 0.1) is 5.82 Å². The SMILES string of the molecule is CCC1CCCN1Cc1cccc(F)c1O. The van der Waals surface area contributed by atoms with Crippen LogP contribution < -0.4 is 0 Å². The second-order valence-corrected chi connectivity index (χ2v) is 4.42. The molecule has 3 heteroatoms. The van der Waals surface area contributed by atoms with Crippen molar-refractivity contribution in [2.24, 2.45) is 0 Å². The molecule has 0 saturated carbocycles. The summed E-state index contributed by atoms with van der Waals surface area (Å²) in [6, 6.07) is 5.33. The van der Waals surface area contributed by atoms with E-state index in [-0.39, 0.29) is 5.75 Å².